The number of benzene rings is 3. The Morgan fingerprint density at radius 2 is 1.52 bits per heavy atom. The van der Waals surface area contributed by atoms with Crippen LogP contribution in [0.15, 0.2) is 83.8 Å². The molecule has 0 aliphatic heterocycles. The van der Waals surface area contributed by atoms with Crippen LogP contribution in [0.2, 0.25) is 0 Å². The highest BCUT2D eigenvalue weighted by Gasteiger charge is 2.34. The van der Waals surface area contributed by atoms with E-state index in [9.17, 15) is 22.4 Å². The van der Waals surface area contributed by atoms with E-state index in [1.807, 2.05) is 65.0 Å². The predicted octanol–water partition coefficient (Wildman–Crippen LogP) is 5.09. The van der Waals surface area contributed by atoms with Crippen molar-refractivity contribution in [1.29, 1.82) is 0 Å². The van der Waals surface area contributed by atoms with Gasteiger partial charge in [0.15, 0.2) is 0 Å². The molecule has 0 aliphatic carbocycles. The zero-order valence-electron chi connectivity index (χ0n) is 23.7. The summed E-state index contributed by atoms with van der Waals surface area (Å²) in [6.45, 7) is 8.89. The second kappa shape index (κ2) is 13.1. The summed E-state index contributed by atoms with van der Waals surface area (Å²) in [4.78, 5) is 28.8. The smallest absolute Gasteiger partial charge is 0.264 e. The quantitative estimate of drug-likeness (QED) is 0.350. The van der Waals surface area contributed by atoms with Crippen molar-refractivity contribution in [3.63, 3.8) is 0 Å². The largest absolute Gasteiger partial charge is 0.350 e. The van der Waals surface area contributed by atoms with Crippen LogP contribution >= 0.6 is 0 Å². The number of hydrogen-bond acceptors (Lipinski definition) is 4. The summed E-state index contributed by atoms with van der Waals surface area (Å²) >= 11 is 0. The van der Waals surface area contributed by atoms with Gasteiger partial charge in [0.2, 0.25) is 11.8 Å². The molecular formula is C31H38FN3O4S. The highest BCUT2D eigenvalue weighted by molar-refractivity contribution is 7.92. The van der Waals surface area contributed by atoms with Crippen molar-refractivity contribution in [2.45, 2.75) is 63.9 Å². The van der Waals surface area contributed by atoms with Crippen molar-refractivity contribution in [2.24, 2.45) is 0 Å². The van der Waals surface area contributed by atoms with E-state index in [2.05, 4.69) is 5.32 Å². The first kappa shape index (κ1) is 30.8. The lowest BCUT2D eigenvalue weighted by Gasteiger charge is -2.34. The van der Waals surface area contributed by atoms with Crippen LogP contribution in [-0.4, -0.2) is 49.8 Å². The second-order valence-corrected chi connectivity index (χ2v) is 12.6. The maximum absolute atomic E-state index is 14.0. The molecule has 0 aliphatic rings. The molecule has 2 amide bonds. The van der Waals surface area contributed by atoms with Gasteiger partial charge in [0, 0.05) is 12.1 Å². The highest BCUT2D eigenvalue weighted by Crippen LogP contribution is 2.25. The van der Waals surface area contributed by atoms with Gasteiger partial charge in [-0.25, -0.2) is 12.8 Å². The fourth-order valence-corrected chi connectivity index (χ4v) is 5.74. The van der Waals surface area contributed by atoms with Crippen molar-refractivity contribution in [3.8, 4) is 0 Å². The minimum absolute atomic E-state index is 0.00331. The van der Waals surface area contributed by atoms with Crippen LogP contribution in [0.25, 0.3) is 0 Å². The minimum atomic E-state index is -4.20. The highest BCUT2D eigenvalue weighted by atomic mass is 32.2. The molecule has 1 atom stereocenters. The number of anilines is 1. The molecule has 3 rings (SSSR count). The molecule has 0 saturated carbocycles. The normalized spacial score (nSPS) is 12.4. The molecule has 0 fully saturated rings. The Balaban J connectivity index is 2.01. The number of carbonyl (C=O) groups is 2. The molecular weight excluding hydrogens is 529 g/mol. The Hall–Kier alpha value is -3.72. The molecule has 0 spiro atoms. The molecule has 9 heteroatoms. The molecule has 0 aromatic heterocycles. The summed E-state index contributed by atoms with van der Waals surface area (Å²) in [5.41, 5.74) is 1.48. The summed E-state index contributed by atoms with van der Waals surface area (Å²) < 4.78 is 42.3. The molecule has 0 heterocycles. The van der Waals surface area contributed by atoms with Crippen molar-refractivity contribution < 1.29 is 22.4 Å². The van der Waals surface area contributed by atoms with Crippen LogP contribution in [0.1, 0.15) is 45.2 Å². The molecule has 0 saturated heterocycles. The van der Waals surface area contributed by atoms with Gasteiger partial charge in [0.1, 0.15) is 18.4 Å². The van der Waals surface area contributed by atoms with E-state index in [-0.39, 0.29) is 23.0 Å². The third kappa shape index (κ3) is 8.14. The van der Waals surface area contributed by atoms with E-state index in [4.69, 9.17) is 0 Å². The topological polar surface area (TPSA) is 86.8 Å². The first-order valence-corrected chi connectivity index (χ1v) is 14.8. The lowest BCUT2D eigenvalue weighted by atomic mass is 10.1. The summed E-state index contributed by atoms with van der Waals surface area (Å²) in [6.07, 6.45) is 0.816. The maximum atomic E-state index is 14.0. The fraction of sp³-hybridized carbons (Fsp3) is 0.355. The molecule has 3 aromatic rings. The fourth-order valence-electron chi connectivity index (χ4n) is 4.32. The molecule has 214 valence electrons. The van der Waals surface area contributed by atoms with Crippen LogP contribution in [0.4, 0.5) is 10.1 Å². The van der Waals surface area contributed by atoms with Gasteiger partial charge in [0.05, 0.1) is 10.6 Å². The lowest BCUT2D eigenvalue weighted by Crippen LogP contribution is -2.56. The number of rotatable bonds is 11. The number of nitrogens with zero attached hydrogens (tertiary/aromatic N) is 2. The van der Waals surface area contributed by atoms with Crippen molar-refractivity contribution in [3.05, 3.63) is 95.8 Å². The Bertz CT molecular complexity index is 1390. The van der Waals surface area contributed by atoms with Crippen molar-refractivity contribution >= 4 is 27.5 Å². The number of nitrogens with one attached hydrogen (secondary N) is 1. The van der Waals surface area contributed by atoms with E-state index in [1.165, 1.54) is 29.2 Å². The predicted molar refractivity (Wildman–Crippen MR) is 156 cm³/mol. The summed E-state index contributed by atoms with van der Waals surface area (Å²) in [7, 11) is -4.20. The third-order valence-corrected chi connectivity index (χ3v) is 8.16. The van der Waals surface area contributed by atoms with E-state index in [0.717, 1.165) is 27.6 Å². The standard InChI is InChI=1S/C31H38FN3O4S/c1-6-28(30(37)33-31(3,4)5)34(21-20-24-10-8-7-9-11-24)29(36)22-35(26-16-14-25(32)15-17-26)40(38,39)27-18-12-23(2)13-19-27/h7-19,28H,6,20-22H2,1-5H3,(H,33,37). The average Bonchev–Trinajstić information content (AvgIpc) is 2.90. The third-order valence-electron chi connectivity index (χ3n) is 6.37. The molecule has 40 heavy (non-hydrogen) atoms. The molecule has 7 nitrogen and oxygen atoms in total. The number of halogens is 1. The van der Waals surface area contributed by atoms with Gasteiger partial charge < -0.3 is 10.2 Å². The Labute approximate surface area is 237 Å². The summed E-state index contributed by atoms with van der Waals surface area (Å²) in [5, 5.41) is 2.95. The van der Waals surface area contributed by atoms with E-state index in [1.54, 1.807) is 12.1 Å². The van der Waals surface area contributed by atoms with E-state index < -0.39 is 39.9 Å². The first-order chi connectivity index (χ1) is 18.8. The van der Waals surface area contributed by atoms with Gasteiger partial charge in [-0.1, -0.05) is 55.0 Å². The first-order valence-electron chi connectivity index (χ1n) is 13.3. The van der Waals surface area contributed by atoms with Gasteiger partial charge >= 0.3 is 0 Å². The average molecular weight is 568 g/mol. The molecule has 3 aromatic carbocycles. The monoisotopic (exact) mass is 567 g/mol. The number of carbonyl (C=O) groups excluding carboxylic acids is 2. The van der Waals surface area contributed by atoms with Crippen molar-refractivity contribution in [1.82, 2.24) is 10.2 Å². The van der Waals surface area contributed by atoms with Crippen LogP contribution < -0.4 is 9.62 Å². The number of amides is 2. The van der Waals surface area contributed by atoms with Gasteiger partial charge in [-0.15, -0.1) is 0 Å². The molecule has 0 bridgehead atoms. The van der Waals surface area contributed by atoms with Crippen LogP contribution in [0, 0.1) is 12.7 Å². The second-order valence-electron chi connectivity index (χ2n) is 10.8. The molecule has 1 unspecified atom stereocenters. The lowest BCUT2D eigenvalue weighted by molar-refractivity contribution is -0.140. The van der Waals surface area contributed by atoms with E-state index in [0.29, 0.717) is 12.8 Å². The van der Waals surface area contributed by atoms with Gasteiger partial charge in [-0.3, -0.25) is 13.9 Å². The van der Waals surface area contributed by atoms with Gasteiger partial charge in [-0.2, -0.15) is 0 Å². The molecule has 1 N–H and O–H groups in total. The number of sulfonamides is 1. The zero-order valence-corrected chi connectivity index (χ0v) is 24.5. The van der Waals surface area contributed by atoms with Crippen LogP contribution in [0.3, 0.4) is 0 Å². The molecule has 0 radical (unpaired) electrons. The number of hydrogen-bond donors (Lipinski definition) is 1. The Morgan fingerprint density at radius 3 is 2.08 bits per heavy atom. The summed E-state index contributed by atoms with van der Waals surface area (Å²) in [5.74, 6) is -1.38. The van der Waals surface area contributed by atoms with Gasteiger partial charge in [0.25, 0.3) is 10.0 Å². The Morgan fingerprint density at radius 1 is 0.925 bits per heavy atom. The number of aryl methyl sites for hydroxylation is 1. The van der Waals surface area contributed by atoms with Crippen molar-refractivity contribution in [2.75, 3.05) is 17.4 Å². The van der Waals surface area contributed by atoms with Gasteiger partial charge in [-0.05, 0) is 82.5 Å². The van der Waals surface area contributed by atoms with Crippen LogP contribution in [0.5, 0.6) is 0 Å². The van der Waals surface area contributed by atoms with E-state index >= 15 is 0 Å². The minimum Gasteiger partial charge on any atom is -0.350 e. The summed E-state index contributed by atoms with van der Waals surface area (Å²) in [6, 6.07) is 20.0. The maximum Gasteiger partial charge on any atom is 0.264 e. The Kier molecular flexibility index (Phi) is 10.1. The SMILES string of the molecule is CCC(C(=O)NC(C)(C)C)N(CCc1ccccc1)C(=O)CN(c1ccc(F)cc1)S(=O)(=O)c1ccc(C)cc1. The zero-order chi connectivity index (χ0) is 29.5. The van der Waals surface area contributed by atoms with Crippen LogP contribution in [-0.2, 0) is 26.0 Å².